The molecule has 0 radical (unpaired) electrons. The summed E-state index contributed by atoms with van der Waals surface area (Å²) in [5.74, 6) is 1.41. The van der Waals surface area contributed by atoms with E-state index in [9.17, 15) is 4.79 Å². The summed E-state index contributed by atoms with van der Waals surface area (Å²) in [5.41, 5.74) is 2.28. The lowest BCUT2D eigenvalue weighted by atomic mass is 10.1. The summed E-state index contributed by atoms with van der Waals surface area (Å²) in [6, 6.07) is 6.07. The van der Waals surface area contributed by atoms with Crippen molar-refractivity contribution in [2.75, 3.05) is 5.32 Å². The average Bonchev–Trinajstić information content (AvgIpc) is 3.26. The number of rotatable bonds is 8. The molecule has 3 aromatic rings. The summed E-state index contributed by atoms with van der Waals surface area (Å²) < 4.78 is 7.91. The van der Waals surface area contributed by atoms with Crippen molar-refractivity contribution in [2.24, 2.45) is 0 Å². The molecule has 29 heavy (non-hydrogen) atoms. The molecule has 2 aromatic heterocycles. The van der Waals surface area contributed by atoms with E-state index in [0.717, 1.165) is 22.1 Å². The summed E-state index contributed by atoms with van der Waals surface area (Å²) in [4.78, 5) is 12.4. The third kappa shape index (κ3) is 5.33. The van der Waals surface area contributed by atoms with Gasteiger partial charge in [0.1, 0.15) is 17.4 Å². The van der Waals surface area contributed by atoms with Gasteiger partial charge in [-0.25, -0.2) is 0 Å². The minimum Gasteiger partial charge on any atom is -0.485 e. The van der Waals surface area contributed by atoms with Crippen molar-refractivity contribution < 1.29 is 9.53 Å². The molecule has 0 bridgehead atoms. The Morgan fingerprint density at radius 2 is 2.03 bits per heavy atom. The molecule has 8 nitrogen and oxygen atoms in total. The Morgan fingerprint density at radius 1 is 1.24 bits per heavy atom. The van der Waals surface area contributed by atoms with Gasteiger partial charge >= 0.3 is 0 Å². The monoisotopic (exact) mass is 432 g/mol. The van der Waals surface area contributed by atoms with Crippen molar-refractivity contribution in [3.8, 4) is 5.75 Å². The maximum absolute atomic E-state index is 12.4. The summed E-state index contributed by atoms with van der Waals surface area (Å²) in [7, 11) is 0. The van der Waals surface area contributed by atoms with E-state index >= 15 is 0 Å². The Bertz CT molecular complexity index is 1000. The van der Waals surface area contributed by atoms with Crippen LogP contribution in [0.25, 0.3) is 0 Å². The summed E-state index contributed by atoms with van der Waals surface area (Å²) in [6.07, 6.45) is 0. The standard InChI is InChI=1S/C19H24N6O2S2/c1-6-25-16(10-27-15-8-7-11(2)9-12(15)3)22-24-19(25)28-13(4)17(26)20-18-23-21-14(5)29-18/h7-9,13H,6,10H2,1-5H3,(H,20,23,26)/t13-/m1/s1. The number of benzene rings is 1. The zero-order chi connectivity index (χ0) is 21.0. The van der Waals surface area contributed by atoms with Gasteiger partial charge in [0.15, 0.2) is 11.0 Å². The highest BCUT2D eigenvalue weighted by Gasteiger charge is 2.21. The van der Waals surface area contributed by atoms with E-state index in [-0.39, 0.29) is 11.2 Å². The number of ether oxygens (including phenoxy) is 1. The van der Waals surface area contributed by atoms with E-state index in [1.54, 1.807) is 0 Å². The van der Waals surface area contributed by atoms with Crippen LogP contribution in [0.4, 0.5) is 5.13 Å². The predicted molar refractivity (Wildman–Crippen MR) is 115 cm³/mol. The van der Waals surface area contributed by atoms with Crippen molar-refractivity contribution in [1.29, 1.82) is 0 Å². The van der Waals surface area contributed by atoms with Crippen LogP contribution in [0.2, 0.25) is 0 Å². The van der Waals surface area contributed by atoms with Gasteiger partial charge in [-0.05, 0) is 46.2 Å². The predicted octanol–water partition coefficient (Wildman–Crippen LogP) is 3.77. The molecule has 1 N–H and O–H groups in total. The molecule has 0 aliphatic heterocycles. The lowest BCUT2D eigenvalue weighted by Crippen LogP contribution is -2.23. The molecule has 0 aliphatic carbocycles. The number of nitrogens with one attached hydrogen (secondary N) is 1. The third-order valence-corrected chi connectivity index (χ3v) is 6.04. The molecular weight excluding hydrogens is 408 g/mol. The zero-order valence-corrected chi connectivity index (χ0v) is 18.7. The Hall–Kier alpha value is -2.46. The maximum atomic E-state index is 12.4. The molecule has 2 heterocycles. The van der Waals surface area contributed by atoms with E-state index < -0.39 is 0 Å². The Balaban J connectivity index is 1.64. The quantitative estimate of drug-likeness (QED) is 0.541. The van der Waals surface area contributed by atoms with Gasteiger partial charge in [0.25, 0.3) is 0 Å². The average molecular weight is 433 g/mol. The molecule has 1 atom stereocenters. The largest absolute Gasteiger partial charge is 0.485 e. The second kappa shape index (κ2) is 9.36. The Labute approximate surface area is 178 Å². The number of aryl methyl sites for hydroxylation is 3. The van der Waals surface area contributed by atoms with E-state index in [1.165, 1.54) is 28.7 Å². The normalized spacial score (nSPS) is 12.0. The van der Waals surface area contributed by atoms with Crippen LogP contribution in [0.15, 0.2) is 23.4 Å². The number of hydrogen-bond donors (Lipinski definition) is 1. The van der Waals surface area contributed by atoms with E-state index in [1.807, 2.05) is 44.4 Å². The van der Waals surface area contributed by atoms with Gasteiger partial charge in [0.05, 0.1) is 5.25 Å². The number of nitrogens with zero attached hydrogens (tertiary/aromatic N) is 5. The van der Waals surface area contributed by atoms with Gasteiger partial charge in [-0.2, -0.15) is 0 Å². The molecule has 0 unspecified atom stereocenters. The fourth-order valence-electron chi connectivity index (χ4n) is 2.70. The van der Waals surface area contributed by atoms with Crippen LogP contribution >= 0.6 is 23.1 Å². The van der Waals surface area contributed by atoms with Crippen molar-refractivity contribution in [1.82, 2.24) is 25.0 Å². The highest BCUT2D eigenvalue weighted by molar-refractivity contribution is 8.00. The lowest BCUT2D eigenvalue weighted by Gasteiger charge is -2.12. The van der Waals surface area contributed by atoms with Crippen LogP contribution in [0.3, 0.4) is 0 Å². The molecule has 154 valence electrons. The number of amides is 1. The number of thioether (sulfide) groups is 1. The van der Waals surface area contributed by atoms with Crippen LogP contribution in [0.5, 0.6) is 5.75 Å². The molecule has 0 spiro atoms. The molecule has 0 saturated heterocycles. The minimum atomic E-state index is -0.359. The van der Waals surface area contributed by atoms with Gasteiger partial charge < -0.3 is 9.30 Å². The van der Waals surface area contributed by atoms with Crippen molar-refractivity contribution >= 4 is 34.1 Å². The Kier molecular flexibility index (Phi) is 6.86. The number of carbonyl (C=O) groups is 1. The van der Waals surface area contributed by atoms with E-state index in [4.69, 9.17) is 4.74 Å². The summed E-state index contributed by atoms with van der Waals surface area (Å²) >= 11 is 2.70. The molecule has 0 saturated carbocycles. The first-order valence-electron chi connectivity index (χ1n) is 9.27. The van der Waals surface area contributed by atoms with Gasteiger partial charge in [-0.15, -0.1) is 20.4 Å². The molecule has 10 heteroatoms. The first-order valence-corrected chi connectivity index (χ1v) is 11.0. The number of carbonyl (C=O) groups excluding carboxylic acids is 1. The SMILES string of the molecule is CCn1c(COc2ccc(C)cc2C)nnc1S[C@H](C)C(=O)Nc1nnc(C)s1. The molecule has 0 aliphatic rings. The molecule has 1 amide bonds. The number of hydrogen-bond acceptors (Lipinski definition) is 8. The number of aromatic nitrogens is 5. The minimum absolute atomic E-state index is 0.148. The third-order valence-electron chi connectivity index (χ3n) is 4.20. The van der Waals surface area contributed by atoms with Crippen molar-refractivity contribution in [3.63, 3.8) is 0 Å². The smallest absolute Gasteiger partial charge is 0.239 e. The van der Waals surface area contributed by atoms with Crippen LogP contribution in [-0.4, -0.2) is 36.1 Å². The fourth-order valence-corrected chi connectivity index (χ4v) is 4.23. The molecule has 0 fully saturated rings. The molecule has 1 aromatic carbocycles. The molecular formula is C19H24N6O2S2. The van der Waals surface area contributed by atoms with Gasteiger partial charge in [0.2, 0.25) is 11.0 Å². The highest BCUT2D eigenvalue weighted by atomic mass is 32.2. The van der Waals surface area contributed by atoms with Crippen molar-refractivity contribution in [2.45, 2.75) is 58.2 Å². The second-order valence-electron chi connectivity index (χ2n) is 6.58. The van der Waals surface area contributed by atoms with Crippen LogP contribution in [0, 0.1) is 20.8 Å². The summed E-state index contributed by atoms with van der Waals surface area (Å²) in [6.45, 7) is 10.8. The van der Waals surface area contributed by atoms with Crippen molar-refractivity contribution in [3.05, 3.63) is 40.2 Å². The Morgan fingerprint density at radius 3 is 2.69 bits per heavy atom. The summed E-state index contributed by atoms with van der Waals surface area (Å²) in [5, 5.41) is 20.8. The van der Waals surface area contributed by atoms with E-state index in [2.05, 4.69) is 38.7 Å². The first-order chi connectivity index (χ1) is 13.9. The van der Waals surface area contributed by atoms with Gasteiger partial charge in [-0.1, -0.05) is 40.8 Å². The topological polar surface area (TPSA) is 94.8 Å². The first kappa shape index (κ1) is 21.3. The zero-order valence-electron chi connectivity index (χ0n) is 17.1. The fraction of sp³-hybridized carbons (Fsp3) is 0.421. The highest BCUT2D eigenvalue weighted by Crippen LogP contribution is 2.25. The van der Waals surface area contributed by atoms with Crippen LogP contribution < -0.4 is 10.1 Å². The van der Waals surface area contributed by atoms with Gasteiger partial charge in [-0.3, -0.25) is 10.1 Å². The second-order valence-corrected chi connectivity index (χ2v) is 9.07. The van der Waals surface area contributed by atoms with Crippen LogP contribution in [-0.2, 0) is 17.9 Å². The number of anilines is 1. The van der Waals surface area contributed by atoms with E-state index in [0.29, 0.717) is 23.4 Å². The van der Waals surface area contributed by atoms with Gasteiger partial charge in [0, 0.05) is 6.54 Å². The molecule has 3 rings (SSSR count). The van der Waals surface area contributed by atoms with Crippen LogP contribution in [0.1, 0.15) is 35.8 Å². The lowest BCUT2D eigenvalue weighted by molar-refractivity contribution is -0.115. The maximum Gasteiger partial charge on any atom is 0.239 e.